The second kappa shape index (κ2) is 6.45. The molecule has 2 aromatic rings. The standard InChI is InChI=1S/C14H17N3O3S2/c1-9(2)15-13(18)12-10(3)16-14(21-12)17-22(19,20)11-7-5-4-6-8-11/h4-9H,1-3H3,(H,15,18)(H,16,17). The lowest BCUT2D eigenvalue weighted by molar-refractivity contribution is 0.0946. The molecule has 0 atom stereocenters. The Hall–Kier alpha value is -1.93. The Labute approximate surface area is 133 Å². The van der Waals surface area contributed by atoms with Crippen LogP contribution in [0.4, 0.5) is 5.13 Å². The number of benzene rings is 1. The molecular formula is C14H17N3O3S2. The highest BCUT2D eigenvalue weighted by molar-refractivity contribution is 7.93. The zero-order chi connectivity index (χ0) is 16.3. The molecule has 0 aliphatic rings. The summed E-state index contributed by atoms with van der Waals surface area (Å²) in [7, 11) is -3.70. The number of rotatable bonds is 5. The Kier molecular flexibility index (Phi) is 4.82. The summed E-state index contributed by atoms with van der Waals surface area (Å²) in [5, 5.41) is 2.94. The second-order valence-electron chi connectivity index (χ2n) is 4.98. The van der Waals surface area contributed by atoms with Gasteiger partial charge in [-0.05, 0) is 32.9 Å². The maximum absolute atomic E-state index is 12.2. The minimum absolute atomic E-state index is 0.00143. The monoisotopic (exact) mass is 339 g/mol. The average Bonchev–Trinajstić information content (AvgIpc) is 2.79. The Morgan fingerprint density at radius 1 is 1.23 bits per heavy atom. The van der Waals surface area contributed by atoms with E-state index in [1.54, 1.807) is 25.1 Å². The van der Waals surface area contributed by atoms with Crippen molar-refractivity contribution >= 4 is 32.4 Å². The van der Waals surface area contributed by atoms with Gasteiger partial charge in [0, 0.05) is 6.04 Å². The zero-order valence-corrected chi connectivity index (χ0v) is 14.1. The molecule has 0 spiro atoms. The third kappa shape index (κ3) is 3.83. The third-order valence-electron chi connectivity index (χ3n) is 2.70. The molecule has 0 fully saturated rings. The quantitative estimate of drug-likeness (QED) is 0.875. The first-order chi connectivity index (χ1) is 10.3. The Morgan fingerprint density at radius 2 is 1.86 bits per heavy atom. The molecule has 0 aliphatic heterocycles. The number of hydrogen-bond acceptors (Lipinski definition) is 5. The fourth-order valence-corrected chi connectivity index (χ4v) is 3.88. The van der Waals surface area contributed by atoms with Crippen LogP contribution in [0.2, 0.25) is 0 Å². The van der Waals surface area contributed by atoms with Crippen molar-refractivity contribution in [2.45, 2.75) is 31.7 Å². The van der Waals surface area contributed by atoms with Crippen molar-refractivity contribution in [2.75, 3.05) is 4.72 Å². The van der Waals surface area contributed by atoms with Crippen LogP contribution >= 0.6 is 11.3 Å². The molecule has 1 aromatic heterocycles. The van der Waals surface area contributed by atoms with Gasteiger partial charge in [-0.3, -0.25) is 9.52 Å². The van der Waals surface area contributed by atoms with E-state index in [2.05, 4.69) is 15.0 Å². The number of hydrogen-bond donors (Lipinski definition) is 2. The van der Waals surface area contributed by atoms with Crippen molar-refractivity contribution in [3.8, 4) is 0 Å². The summed E-state index contributed by atoms with van der Waals surface area (Å²) in [6, 6.07) is 8.01. The van der Waals surface area contributed by atoms with Gasteiger partial charge in [0.05, 0.1) is 10.6 Å². The van der Waals surface area contributed by atoms with Crippen molar-refractivity contribution in [1.82, 2.24) is 10.3 Å². The third-order valence-corrected chi connectivity index (χ3v) is 5.25. The first-order valence-electron chi connectivity index (χ1n) is 6.66. The second-order valence-corrected chi connectivity index (χ2v) is 7.66. The van der Waals surface area contributed by atoms with Gasteiger partial charge in [-0.25, -0.2) is 13.4 Å². The van der Waals surface area contributed by atoms with Crippen LogP contribution in [0.25, 0.3) is 0 Å². The molecule has 1 aromatic carbocycles. The number of carbonyl (C=O) groups is 1. The number of anilines is 1. The average molecular weight is 339 g/mol. The van der Waals surface area contributed by atoms with Crippen LogP contribution in [0.5, 0.6) is 0 Å². The molecule has 0 unspecified atom stereocenters. The molecule has 1 amide bonds. The van der Waals surface area contributed by atoms with Gasteiger partial charge < -0.3 is 5.32 Å². The highest BCUT2D eigenvalue weighted by atomic mass is 32.2. The Balaban J connectivity index is 2.23. The number of aromatic nitrogens is 1. The SMILES string of the molecule is Cc1nc(NS(=O)(=O)c2ccccc2)sc1C(=O)NC(C)C. The first kappa shape index (κ1) is 16.4. The maximum Gasteiger partial charge on any atom is 0.263 e. The van der Waals surface area contributed by atoms with Crippen LogP contribution in [0.15, 0.2) is 35.2 Å². The molecule has 0 radical (unpaired) electrons. The lowest BCUT2D eigenvalue weighted by Crippen LogP contribution is -2.29. The minimum Gasteiger partial charge on any atom is -0.349 e. The lowest BCUT2D eigenvalue weighted by Gasteiger charge is -2.06. The van der Waals surface area contributed by atoms with Crippen molar-refractivity contribution in [2.24, 2.45) is 0 Å². The number of aryl methyl sites for hydroxylation is 1. The number of nitrogens with one attached hydrogen (secondary N) is 2. The van der Waals surface area contributed by atoms with Crippen LogP contribution in [0.1, 0.15) is 29.2 Å². The lowest BCUT2D eigenvalue weighted by atomic mass is 10.3. The summed E-state index contributed by atoms with van der Waals surface area (Å²) in [5.41, 5.74) is 0.494. The van der Waals surface area contributed by atoms with Gasteiger partial charge in [0.25, 0.3) is 15.9 Å². The molecule has 0 aliphatic carbocycles. The van der Waals surface area contributed by atoms with Crippen molar-refractivity contribution < 1.29 is 13.2 Å². The van der Waals surface area contributed by atoms with E-state index in [0.717, 1.165) is 11.3 Å². The predicted octanol–water partition coefficient (Wildman–Crippen LogP) is 2.39. The van der Waals surface area contributed by atoms with E-state index in [4.69, 9.17) is 0 Å². The van der Waals surface area contributed by atoms with Gasteiger partial charge >= 0.3 is 0 Å². The molecule has 22 heavy (non-hydrogen) atoms. The predicted molar refractivity (Wildman–Crippen MR) is 86.7 cm³/mol. The van der Waals surface area contributed by atoms with Gasteiger partial charge in [0.15, 0.2) is 5.13 Å². The molecular weight excluding hydrogens is 322 g/mol. The van der Waals surface area contributed by atoms with Gasteiger partial charge in [-0.1, -0.05) is 29.5 Å². The summed E-state index contributed by atoms with van der Waals surface area (Å²) >= 11 is 1.02. The van der Waals surface area contributed by atoms with E-state index < -0.39 is 10.0 Å². The van der Waals surface area contributed by atoms with Crippen LogP contribution < -0.4 is 10.0 Å². The van der Waals surface area contributed by atoms with Gasteiger partial charge in [-0.2, -0.15) is 0 Å². The van der Waals surface area contributed by atoms with Crippen LogP contribution in [-0.4, -0.2) is 25.4 Å². The minimum atomic E-state index is -3.70. The summed E-state index contributed by atoms with van der Waals surface area (Å²) in [6.45, 7) is 5.38. The normalized spacial score (nSPS) is 11.5. The molecule has 2 rings (SSSR count). The highest BCUT2D eigenvalue weighted by Gasteiger charge is 2.20. The molecule has 0 bridgehead atoms. The molecule has 0 saturated heterocycles. The van der Waals surface area contributed by atoms with E-state index >= 15 is 0 Å². The number of amides is 1. The fourth-order valence-electron chi connectivity index (χ4n) is 1.75. The van der Waals surface area contributed by atoms with Gasteiger partial charge in [-0.15, -0.1) is 0 Å². The number of carbonyl (C=O) groups excluding carboxylic acids is 1. The first-order valence-corrected chi connectivity index (χ1v) is 8.95. The maximum atomic E-state index is 12.2. The van der Waals surface area contributed by atoms with Crippen LogP contribution in [-0.2, 0) is 10.0 Å². The molecule has 0 saturated carbocycles. The highest BCUT2D eigenvalue weighted by Crippen LogP contribution is 2.25. The number of nitrogens with zero attached hydrogens (tertiary/aromatic N) is 1. The summed E-state index contributed by atoms with van der Waals surface area (Å²) in [4.78, 5) is 16.7. The summed E-state index contributed by atoms with van der Waals surface area (Å²) < 4.78 is 26.9. The largest absolute Gasteiger partial charge is 0.349 e. The molecule has 6 nitrogen and oxygen atoms in total. The summed E-state index contributed by atoms with van der Waals surface area (Å²) in [6.07, 6.45) is 0. The fraction of sp³-hybridized carbons (Fsp3) is 0.286. The topological polar surface area (TPSA) is 88.2 Å². The number of thiazole rings is 1. The molecule has 8 heteroatoms. The van der Waals surface area contributed by atoms with E-state index in [1.165, 1.54) is 12.1 Å². The molecule has 2 N–H and O–H groups in total. The van der Waals surface area contributed by atoms with E-state index in [0.29, 0.717) is 10.6 Å². The molecule has 118 valence electrons. The summed E-state index contributed by atoms with van der Waals surface area (Å²) in [5.74, 6) is -0.254. The Morgan fingerprint density at radius 3 is 2.45 bits per heavy atom. The van der Waals surface area contributed by atoms with Crippen LogP contribution in [0, 0.1) is 6.92 Å². The molecule has 1 heterocycles. The zero-order valence-electron chi connectivity index (χ0n) is 12.5. The Bertz CT molecular complexity index is 768. The van der Waals surface area contributed by atoms with E-state index in [1.807, 2.05) is 13.8 Å². The van der Waals surface area contributed by atoms with E-state index in [-0.39, 0.29) is 22.0 Å². The van der Waals surface area contributed by atoms with Gasteiger partial charge in [0.2, 0.25) is 0 Å². The van der Waals surface area contributed by atoms with Crippen LogP contribution in [0.3, 0.4) is 0 Å². The van der Waals surface area contributed by atoms with Crippen molar-refractivity contribution in [1.29, 1.82) is 0 Å². The van der Waals surface area contributed by atoms with E-state index in [9.17, 15) is 13.2 Å². The van der Waals surface area contributed by atoms with Gasteiger partial charge in [0.1, 0.15) is 4.88 Å². The van der Waals surface area contributed by atoms with Crippen molar-refractivity contribution in [3.05, 3.63) is 40.9 Å². The smallest absolute Gasteiger partial charge is 0.263 e. The number of sulfonamides is 1. The van der Waals surface area contributed by atoms with Crippen molar-refractivity contribution in [3.63, 3.8) is 0 Å².